The minimum absolute atomic E-state index is 0.243. The Morgan fingerprint density at radius 1 is 0.870 bits per heavy atom. The van der Waals surface area contributed by atoms with Crippen LogP contribution in [0.2, 0.25) is 0 Å². The van der Waals surface area contributed by atoms with Gasteiger partial charge in [-0.25, -0.2) is 0 Å². The van der Waals surface area contributed by atoms with Crippen LogP contribution < -0.4 is 0 Å². The fourth-order valence-corrected chi connectivity index (χ4v) is 3.35. The van der Waals surface area contributed by atoms with Gasteiger partial charge in [-0.1, -0.05) is 48.5 Å². The lowest BCUT2D eigenvalue weighted by Crippen LogP contribution is -2.04. The molecule has 3 aromatic rings. The predicted octanol–water partition coefficient (Wildman–Crippen LogP) is 5.89. The molecule has 0 amide bonds. The van der Waals surface area contributed by atoms with Crippen molar-refractivity contribution >= 4 is 11.8 Å². The van der Waals surface area contributed by atoms with Crippen LogP contribution in [0.15, 0.2) is 71.8 Å². The fourth-order valence-electron chi connectivity index (χ4n) is 2.56. The second-order valence-electron chi connectivity index (χ2n) is 4.99. The Morgan fingerprint density at radius 3 is 1.96 bits per heavy atom. The van der Waals surface area contributed by atoms with Crippen molar-refractivity contribution in [2.45, 2.75) is 11.1 Å². The standard InChI is InChI=1S/C18H14F3NS/c1-23-17-15(18(19,20)21)12-22(14-10-6-3-7-11-14)16(17)13-8-4-2-5-9-13/h2-12H,1H3. The highest BCUT2D eigenvalue weighted by Gasteiger charge is 2.37. The summed E-state index contributed by atoms with van der Waals surface area (Å²) in [5.41, 5.74) is 1.43. The Morgan fingerprint density at radius 2 is 1.43 bits per heavy atom. The Hall–Kier alpha value is -2.14. The molecule has 23 heavy (non-hydrogen) atoms. The summed E-state index contributed by atoms with van der Waals surface area (Å²) in [6.45, 7) is 0. The number of hydrogen-bond donors (Lipinski definition) is 0. The molecule has 0 N–H and O–H groups in total. The van der Waals surface area contributed by atoms with Gasteiger partial charge in [0, 0.05) is 16.8 Å². The lowest BCUT2D eigenvalue weighted by atomic mass is 10.1. The number of thioether (sulfide) groups is 1. The van der Waals surface area contributed by atoms with Crippen molar-refractivity contribution in [2.75, 3.05) is 6.26 Å². The van der Waals surface area contributed by atoms with Gasteiger partial charge in [0.1, 0.15) is 0 Å². The van der Waals surface area contributed by atoms with E-state index in [-0.39, 0.29) is 4.90 Å². The number of halogens is 3. The summed E-state index contributed by atoms with van der Waals surface area (Å²) in [5, 5.41) is 0. The zero-order valence-electron chi connectivity index (χ0n) is 12.3. The van der Waals surface area contributed by atoms with E-state index in [0.29, 0.717) is 11.4 Å². The molecule has 0 saturated heterocycles. The Balaban J connectivity index is 2.33. The van der Waals surface area contributed by atoms with Crippen LogP contribution in [0.25, 0.3) is 16.9 Å². The van der Waals surface area contributed by atoms with E-state index < -0.39 is 11.7 Å². The summed E-state index contributed by atoms with van der Waals surface area (Å²) < 4.78 is 41.9. The van der Waals surface area contributed by atoms with E-state index in [4.69, 9.17) is 0 Å². The second kappa shape index (κ2) is 6.16. The first-order chi connectivity index (χ1) is 11.0. The topological polar surface area (TPSA) is 4.93 Å². The quantitative estimate of drug-likeness (QED) is 0.541. The number of aromatic nitrogens is 1. The normalized spacial score (nSPS) is 11.7. The maximum atomic E-state index is 13.4. The summed E-state index contributed by atoms with van der Waals surface area (Å²) in [5.74, 6) is 0. The second-order valence-corrected chi connectivity index (χ2v) is 5.81. The molecule has 0 fully saturated rings. The Bertz CT molecular complexity index is 792. The minimum atomic E-state index is -4.39. The minimum Gasteiger partial charge on any atom is -0.315 e. The van der Waals surface area contributed by atoms with Crippen molar-refractivity contribution in [1.82, 2.24) is 4.57 Å². The predicted molar refractivity (Wildman–Crippen MR) is 88.0 cm³/mol. The van der Waals surface area contributed by atoms with Crippen LogP contribution >= 0.6 is 11.8 Å². The summed E-state index contributed by atoms with van der Waals surface area (Å²) in [6.07, 6.45) is -1.53. The van der Waals surface area contributed by atoms with E-state index in [1.165, 1.54) is 6.20 Å². The van der Waals surface area contributed by atoms with Crippen molar-refractivity contribution in [2.24, 2.45) is 0 Å². The van der Waals surface area contributed by atoms with Gasteiger partial charge in [-0.3, -0.25) is 0 Å². The van der Waals surface area contributed by atoms with Crippen molar-refractivity contribution in [3.8, 4) is 16.9 Å². The molecular weight excluding hydrogens is 319 g/mol. The maximum absolute atomic E-state index is 13.4. The molecule has 0 aliphatic rings. The summed E-state index contributed by atoms with van der Waals surface area (Å²) in [4.78, 5) is 0.243. The number of hydrogen-bond acceptors (Lipinski definition) is 1. The molecule has 1 aromatic heterocycles. The van der Waals surface area contributed by atoms with Gasteiger partial charge in [-0.05, 0) is 24.0 Å². The molecular formula is C18H14F3NS. The molecule has 0 spiro atoms. The van der Waals surface area contributed by atoms with E-state index in [9.17, 15) is 13.2 Å². The lowest BCUT2D eigenvalue weighted by Gasteiger charge is -2.11. The molecule has 5 heteroatoms. The molecule has 2 aromatic carbocycles. The van der Waals surface area contributed by atoms with Gasteiger partial charge < -0.3 is 4.57 Å². The number of rotatable bonds is 3. The Kier molecular flexibility index (Phi) is 4.22. The van der Waals surface area contributed by atoms with Crippen LogP contribution in [-0.2, 0) is 6.18 Å². The molecule has 0 bridgehead atoms. The molecule has 0 saturated carbocycles. The molecule has 3 rings (SSSR count). The summed E-state index contributed by atoms with van der Waals surface area (Å²) >= 11 is 1.12. The third-order valence-corrected chi connectivity index (χ3v) is 4.37. The van der Waals surface area contributed by atoms with Crippen LogP contribution in [0.4, 0.5) is 13.2 Å². The first-order valence-corrected chi connectivity index (χ1v) is 8.22. The van der Waals surface area contributed by atoms with E-state index in [0.717, 1.165) is 17.3 Å². The number of benzene rings is 2. The van der Waals surface area contributed by atoms with E-state index in [1.807, 2.05) is 48.5 Å². The maximum Gasteiger partial charge on any atom is 0.418 e. The molecule has 0 unspecified atom stereocenters. The van der Waals surface area contributed by atoms with Crippen LogP contribution in [0.3, 0.4) is 0 Å². The molecule has 0 radical (unpaired) electrons. The number of para-hydroxylation sites is 1. The highest BCUT2D eigenvalue weighted by atomic mass is 32.2. The summed E-state index contributed by atoms with van der Waals surface area (Å²) in [7, 11) is 0. The monoisotopic (exact) mass is 333 g/mol. The van der Waals surface area contributed by atoms with Crippen LogP contribution in [0.1, 0.15) is 5.56 Å². The smallest absolute Gasteiger partial charge is 0.315 e. The average molecular weight is 333 g/mol. The zero-order valence-corrected chi connectivity index (χ0v) is 13.2. The fraction of sp³-hybridized carbons (Fsp3) is 0.111. The van der Waals surface area contributed by atoms with Crippen molar-refractivity contribution in [3.63, 3.8) is 0 Å². The van der Waals surface area contributed by atoms with Gasteiger partial charge in [0.05, 0.1) is 11.3 Å². The SMILES string of the molecule is CSc1c(C(F)(F)F)cn(-c2ccccc2)c1-c1ccccc1. The molecule has 1 heterocycles. The molecule has 118 valence electrons. The van der Waals surface area contributed by atoms with Crippen LogP contribution in [0.5, 0.6) is 0 Å². The van der Waals surface area contributed by atoms with E-state index in [1.54, 1.807) is 23.0 Å². The lowest BCUT2D eigenvalue weighted by molar-refractivity contribution is -0.139. The van der Waals surface area contributed by atoms with E-state index >= 15 is 0 Å². The first kappa shape index (κ1) is 15.7. The van der Waals surface area contributed by atoms with Gasteiger partial charge in [-0.15, -0.1) is 11.8 Å². The molecule has 0 aliphatic heterocycles. The third-order valence-electron chi connectivity index (χ3n) is 3.55. The highest BCUT2D eigenvalue weighted by Crippen LogP contribution is 2.43. The molecule has 1 nitrogen and oxygen atoms in total. The van der Waals surface area contributed by atoms with Gasteiger partial charge in [-0.2, -0.15) is 13.2 Å². The highest BCUT2D eigenvalue weighted by molar-refractivity contribution is 7.98. The van der Waals surface area contributed by atoms with Crippen LogP contribution in [-0.4, -0.2) is 10.8 Å². The number of nitrogens with zero attached hydrogens (tertiary/aromatic N) is 1. The van der Waals surface area contributed by atoms with Gasteiger partial charge in [0.25, 0.3) is 0 Å². The third kappa shape index (κ3) is 3.01. The molecule has 0 atom stereocenters. The van der Waals surface area contributed by atoms with Crippen molar-refractivity contribution in [1.29, 1.82) is 0 Å². The van der Waals surface area contributed by atoms with Crippen molar-refractivity contribution in [3.05, 3.63) is 72.4 Å². The van der Waals surface area contributed by atoms with Crippen molar-refractivity contribution < 1.29 is 13.2 Å². The number of alkyl halides is 3. The van der Waals surface area contributed by atoms with Gasteiger partial charge in [0.15, 0.2) is 0 Å². The van der Waals surface area contributed by atoms with Gasteiger partial charge >= 0.3 is 6.18 Å². The average Bonchev–Trinajstić information content (AvgIpc) is 2.96. The van der Waals surface area contributed by atoms with Gasteiger partial charge in [0.2, 0.25) is 0 Å². The van der Waals surface area contributed by atoms with Crippen LogP contribution in [0, 0.1) is 0 Å². The zero-order chi connectivity index (χ0) is 16.4. The first-order valence-electron chi connectivity index (χ1n) is 6.99. The largest absolute Gasteiger partial charge is 0.418 e. The molecule has 0 aliphatic carbocycles. The van der Waals surface area contributed by atoms with E-state index in [2.05, 4.69) is 0 Å². The Labute approximate surface area is 136 Å². The summed E-state index contributed by atoms with van der Waals surface area (Å²) in [6, 6.07) is 18.2.